The minimum Gasteiger partial charge on any atom is -0.378 e. The Morgan fingerprint density at radius 3 is 2.63 bits per heavy atom. The summed E-state index contributed by atoms with van der Waals surface area (Å²) in [7, 11) is 1.62. The Morgan fingerprint density at radius 2 is 1.96 bits per heavy atom. The molecule has 0 unspecified atom stereocenters. The summed E-state index contributed by atoms with van der Waals surface area (Å²) >= 11 is 0. The number of ether oxygens (including phenoxy) is 1. The molecule has 1 aliphatic rings. The van der Waals surface area contributed by atoms with Crippen molar-refractivity contribution < 1.29 is 14.3 Å². The van der Waals surface area contributed by atoms with E-state index in [0.29, 0.717) is 44.6 Å². The second-order valence-corrected chi connectivity index (χ2v) is 6.97. The molecule has 1 fully saturated rings. The second kappa shape index (κ2) is 8.81. The number of aromatic amines is 1. The lowest BCUT2D eigenvalue weighted by molar-refractivity contribution is -0.126. The predicted molar refractivity (Wildman–Crippen MR) is 101 cm³/mol. The highest BCUT2D eigenvalue weighted by Gasteiger charge is 2.27. The van der Waals surface area contributed by atoms with E-state index < -0.39 is 0 Å². The van der Waals surface area contributed by atoms with Gasteiger partial charge in [-0.05, 0) is 38.0 Å². The van der Waals surface area contributed by atoms with Crippen LogP contribution in [0.5, 0.6) is 0 Å². The molecular formula is C20H26N4O3. The number of nitrogens with zero attached hydrogens (tertiary/aromatic N) is 2. The number of hydrogen-bond donors (Lipinski definition) is 2. The average molecular weight is 370 g/mol. The Hall–Kier alpha value is -2.67. The van der Waals surface area contributed by atoms with E-state index >= 15 is 0 Å². The number of H-pyrrole nitrogens is 1. The van der Waals surface area contributed by atoms with Crippen molar-refractivity contribution in [3.8, 4) is 0 Å². The number of hydrogen-bond acceptors (Lipinski definition) is 4. The number of rotatable bonds is 6. The van der Waals surface area contributed by atoms with E-state index in [1.54, 1.807) is 7.11 Å². The van der Waals surface area contributed by atoms with Crippen LogP contribution in [0.15, 0.2) is 30.3 Å². The second-order valence-electron chi connectivity index (χ2n) is 6.97. The Bertz CT molecular complexity index is 777. The number of methoxy groups -OCH3 is 1. The molecule has 0 saturated carbocycles. The summed E-state index contributed by atoms with van der Waals surface area (Å²) in [5.74, 6) is 0.00533. The zero-order valence-corrected chi connectivity index (χ0v) is 15.8. The molecule has 27 heavy (non-hydrogen) atoms. The molecule has 2 heterocycles. The first-order valence-electron chi connectivity index (χ1n) is 9.22. The van der Waals surface area contributed by atoms with Crippen LogP contribution in [0.25, 0.3) is 0 Å². The molecule has 0 aliphatic carbocycles. The molecule has 144 valence electrons. The zero-order chi connectivity index (χ0) is 19.2. The van der Waals surface area contributed by atoms with E-state index in [4.69, 9.17) is 4.74 Å². The van der Waals surface area contributed by atoms with E-state index in [0.717, 1.165) is 17.0 Å². The number of benzene rings is 1. The molecule has 2 N–H and O–H groups in total. The van der Waals surface area contributed by atoms with Crippen LogP contribution in [-0.2, 0) is 22.7 Å². The SMILES string of the molecule is COCc1cc(CNC(=O)C2CCN(C(=O)c3ccc(C)cc3)CC2)[nH]n1. The van der Waals surface area contributed by atoms with E-state index in [1.807, 2.05) is 42.2 Å². The normalized spacial score (nSPS) is 15.0. The summed E-state index contributed by atoms with van der Waals surface area (Å²) in [6.07, 6.45) is 1.36. The van der Waals surface area contributed by atoms with Gasteiger partial charge in [-0.2, -0.15) is 5.10 Å². The Balaban J connectivity index is 1.45. The smallest absolute Gasteiger partial charge is 0.253 e. The van der Waals surface area contributed by atoms with Gasteiger partial charge < -0.3 is 15.0 Å². The molecule has 2 aromatic rings. The van der Waals surface area contributed by atoms with Gasteiger partial charge in [-0.1, -0.05) is 17.7 Å². The number of carbonyl (C=O) groups is 2. The zero-order valence-electron chi connectivity index (χ0n) is 15.8. The van der Waals surface area contributed by atoms with Gasteiger partial charge >= 0.3 is 0 Å². The maximum absolute atomic E-state index is 12.6. The Labute approximate surface area is 159 Å². The number of nitrogens with one attached hydrogen (secondary N) is 2. The molecule has 7 nitrogen and oxygen atoms in total. The average Bonchev–Trinajstić information content (AvgIpc) is 3.14. The van der Waals surface area contributed by atoms with Crippen LogP contribution in [0.4, 0.5) is 0 Å². The molecule has 1 aliphatic heterocycles. The van der Waals surface area contributed by atoms with E-state index in [-0.39, 0.29) is 17.7 Å². The fourth-order valence-corrected chi connectivity index (χ4v) is 3.27. The lowest BCUT2D eigenvalue weighted by Crippen LogP contribution is -2.42. The van der Waals surface area contributed by atoms with Crippen molar-refractivity contribution in [1.29, 1.82) is 0 Å². The van der Waals surface area contributed by atoms with Gasteiger partial charge in [0.1, 0.15) is 0 Å². The van der Waals surface area contributed by atoms with E-state index in [2.05, 4.69) is 15.5 Å². The topological polar surface area (TPSA) is 87.3 Å². The molecule has 0 radical (unpaired) electrons. The number of aryl methyl sites for hydroxylation is 1. The summed E-state index contributed by atoms with van der Waals surface area (Å²) in [4.78, 5) is 26.8. The maximum Gasteiger partial charge on any atom is 0.253 e. The van der Waals surface area contributed by atoms with Crippen LogP contribution in [0.1, 0.15) is 40.2 Å². The fourth-order valence-electron chi connectivity index (χ4n) is 3.27. The highest BCUT2D eigenvalue weighted by Crippen LogP contribution is 2.19. The first kappa shape index (κ1) is 19.1. The van der Waals surface area contributed by atoms with Gasteiger partial charge in [0.2, 0.25) is 5.91 Å². The van der Waals surface area contributed by atoms with Crippen LogP contribution in [0.2, 0.25) is 0 Å². The quantitative estimate of drug-likeness (QED) is 0.815. The standard InChI is InChI=1S/C20H26N4O3/c1-14-3-5-16(6-4-14)20(26)24-9-7-15(8-10-24)19(25)21-12-17-11-18(13-27-2)23-22-17/h3-6,11,15H,7-10,12-13H2,1-2H3,(H,21,25)(H,22,23). The third kappa shape index (κ3) is 4.95. The molecule has 0 spiro atoms. The van der Waals surface area contributed by atoms with Crippen LogP contribution in [-0.4, -0.2) is 47.1 Å². The Kier molecular flexibility index (Phi) is 6.24. The number of likely N-dealkylation sites (tertiary alicyclic amines) is 1. The van der Waals surface area contributed by atoms with Crippen LogP contribution in [0.3, 0.4) is 0 Å². The van der Waals surface area contributed by atoms with Crippen molar-refractivity contribution in [3.63, 3.8) is 0 Å². The minimum atomic E-state index is -0.0616. The summed E-state index contributed by atoms with van der Waals surface area (Å²) in [5.41, 5.74) is 3.50. The first-order chi connectivity index (χ1) is 13.1. The summed E-state index contributed by atoms with van der Waals surface area (Å²) in [6.45, 7) is 4.07. The third-order valence-electron chi connectivity index (χ3n) is 4.88. The lowest BCUT2D eigenvalue weighted by atomic mass is 9.95. The molecular weight excluding hydrogens is 344 g/mol. The van der Waals surface area contributed by atoms with Crippen LogP contribution < -0.4 is 5.32 Å². The minimum absolute atomic E-state index is 0.0281. The molecule has 0 atom stereocenters. The summed E-state index contributed by atoms with van der Waals surface area (Å²) < 4.78 is 5.03. The van der Waals surface area contributed by atoms with Crippen molar-refractivity contribution in [1.82, 2.24) is 20.4 Å². The van der Waals surface area contributed by atoms with Crippen molar-refractivity contribution in [2.24, 2.45) is 5.92 Å². The third-order valence-corrected chi connectivity index (χ3v) is 4.88. The van der Waals surface area contributed by atoms with Gasteiger partial charge in [0.25, 0.3) is 5.91 Å². The molecule has 0 bridgehead atoms. The van der Waals surface area contributed by atoms with Gasteiger partial charge in [0.05, 0.1) is 24.5 Å². The first-order valence-corrected chi connectivity index (χ1v) is 9.22. The Morgan fingerprint density at radius 1 is 1.26 bits per heavy atom. The van der Waals surface area contributed by atoms with Crippen molar-refractivity contribution in [3.05, 3.63) is 52.8 Å². The highest BCUT2D eigenvalue weighted by atomic mass is 16.5. The van der Waals surface area contributed by atoms with Crippen LogP contribution in [0, 0.1) is 12.8 Å². The van der Waals surface area contributed by atoms with Gasteiger partial charge in [0, 0.05) is 31.7 Å². The molecule has 1 saturated heterocycles. The van der Waals surface area contributed by atoms with Crippen molar-refractivity contribution in [2.45, 2.75) is 32.9 Å². The van der Waals surface area contributed by atoms with Gasteiger partial charge in [-0.3, -0.25) is 14.7 Å². The van der Waals surface area contributed by atoms with E-state index in [1.165, 1.54) is 0 Å². The van der Waals surface area contributed by atoms with Gasteiger partial charge in [-0.25, -0.2) is 0 Å². The monoisotopic (exact) mass is 370 g/mol. The van der Waals surface area contributed by atoms with Crippen molar-refractivity contribution >= 4 is 11.8 Å². The van der Waals surface area contributed by atoms with Crippen molar-refractivity contribution in [2.75, 3.05) is 20.2 Å². The van der Waals surface area contributed by atoms with Crippen LogP contribution >= 0.6 is 0 Å². The lowest BCUT2D eigenvalue weighted by Gasteiger charge is -2.31. The fraction of sp³-hybridized carbons (Fsp3) is 0.450. The highest BCUT2D eigenvalue weighted by molar-refractivity contribution is 5.94. The summed E-state index contributed by atoms with van der Waals surface area (Å²) in [5, 5.41) is 9.96. The van der Waals surface area contributed by atoms with Gasteiger partial charge in [0.15, 0.2) is 0 Å². The number of carbonyl (C=O) groups excluding carboxylic acids is 2. The number of piperidine rings is 1. The molecule has 1 aromatic carbocycles. The largest absolute Gasteiger partial charge is 0.378 e. The molecule has 2 amide bonds. The molecule has 3 rings (SSSR count). The predicted octanol–water partition coefficient (Wildman–Crippen LogP) is 2.03. The van der Waals surface area contributed by atoms with Gasteiger partial charge in [-0.15, -0.1) is 0 Å². The van der Waals surface area contributed by atoms with E-state index in [9.17, 15) is 9.59 Å². The maximum atomic E-state index is 12.6. The molecule has 1 aromatic heterocycles. The number of aromatic nitrogens is 2. The summed E-state index contributed by atoms with van der Waals surface area (Å²) in [6, 6.07) is 9.49. The number of amides is 2. The molecule has 7 heteroatoms.